The maximum absolute atomic E-state index is 14.4. The number of allylic oxidation sites excluding steroid dienone is 2. The molecule has 1 saturated carbocycles. The molecule has 1 fully saturated rings. The Morgan fingerprint density at radius 3 is 2.23 bits per heavy atom. The van der Waals surface area contributed by atoms with E-state index in [9.17, 15) is 9.59 Å². The van der Waals surface area contributed by atoms with Gasteiger partial charge in [-0.3, -0.25) is 9.69 Å². The second kappa shape index (κ2) is 15.2. The molecule has 0 N–H and O–H groups in total. The van der Waals surface area contributed by atoms with Crippen LogP contribution in [0.25, 0.3) is 0 Å². The zero-order valence-electron chi connectivity index (χ0n) is 28.8. The van der Waals surface area contributed by atoms with Crippen molar-refractivity contribution in [1.82, 2.24) is 4.90 Å². The average Bonchev–Trinajstić information content (AvgIpc) is 2.94. The number of nitrogens with zero attached hydrogens (tertiary/aromatic N) is 1. The van der Waals surface area contributed by atoms with Crippen LogP contribution in [0.5, 0.6) is 0 Å². The molecule has 1 aliphatic heterocycles. The normalized spacial score (nSPS) is 23.6. The molecular formula is C38H61NO3Si. The molecule has 0 unspecified atom stereocenters. The molecule has 2 aliphatic rings. The van der Waals surface area contributed by atoms with E-state index in [2.05, 4.69) is 99.2 Å². The summed E-state index contributed by atoms with van der Waals surface area (Å²) in [7, 11) is -2.26. The predicted molar refractivity (Wildman–Crippen MR) is 184 cm³/mol. The van der Waals surface area contributed by atoms with E-state index in [4.69, 9.17) is 4.74 Å². The number of hydrogen-bond donors (Lipinski definition) is 0. The number of carbonyl (C=O) groups excluding carboxylic acids is 2. The smallest absolute Gasteiger partial charge is 0.414 e. The van der Waals surface area contributed by atoms with Crippen molar-refractivity contribution in [2.75, 3.05) is 0 Å². The Bertz CT molecular complexity index is 1080. The van der Waals surface area contributed by atoms with Crippen molar-refractivity contribution < 1.29 is 14.3 Å². The van der Waals surface area contributed by atoms with Crippen LogP contribution in [0, 0.1) is 11.8 Å². The number of Topliss-reactive ketones (excluding diaryl/α,β-unsaturated/α-hetero) is 1. The van der Waals surface area contributed by atoms with Gasteiger partial charge in [-0.1, -0.05) is 118 Å². The molecule has 1 amide bonds. The number of rotatable bonds is 13. The summed E-state index contributed by atoms with van der Waals surface area (Å²) >= 11 is 0. The first-order valence-electron chi connectivity index (χ1n) is 17.2. The topological polar surface area (TPSA) is 46.6 Å². The maximum Gasteiger partial charge on any atom is 0.414 e. The molecule has 1 heterocycles. The Labute approximate surface area is 264 Å². The van der Waals surface area contributed by atoms with E-state index in [0.29, 0.717) is 29.0 Å². The van der Waals surface area contributed by atoms with Gasteiger partial charge < -0.3 is 4.74 Å². The zero-order valence-corrected chi connectivity index (χ0v) is 29.8. The number of hydrogen-bond acceptors (Lipinski definition) is 3. The minimum atomic E-state index is -2.26. The minimum Gasteiger partial charge on any atom is -0.446 e. The molecule has 3 rings (SSSR count). The largest absolute Gasteiger partial charge is 0.446 e. The van der Waals surface area contributed by atoms with Crippen molar-refractivity contribution >= 4 is 20.0 Å². The number of ketones is 1. The van der Waals surface area contributed by atoms with Crippen LogP contribution in [0.4, 0.5) is 4.79 Å². The van der Waals surface area contributed by atoms with Crippen LogP contribution in [0.15, 0.2) is 54.4 Å². The van der Waals surface area contributed by atoms with E-state index in [1.54, 1.807) is 0 Å². The van der Waals surface area contributed by atoms with Gasteiger partial charge in [0.05, 0.1) is 0 Å². The molecular weight excluding hydrogens is 547 g/mol. The quantitative estimate of drug-likeness (QED) is 0.127. The Kier molecular flexibility index (Phi) is 12.5. The van der Waals surface area contributed by atoms with Gasteiger partial charge in [0.2, 0.25) is 0 Å². The molecule has 4 nitrogen and oxygen atoms in total. The standard InChI is InChI=1S/C38H61NO3Si/c1-11-12-13-14-18-21-32-25-34(40)36(43(27(2)3,28(4)5)29(6)7)26-39(32)37(41)42-35-24-30(8)22-23-33(35)38(9,10)31-19-16-15-17-20-31/h11,15-17,19-20,26-30,32-33,35H,1,12-14,18,21-25H2,2-10H3/t30-,32-,33-,35-/m1/s1. The Morgan fingerprint density at radius 1 is 1.02 bits per heavy atom. The molecule has 0 aromatic heterocycles. The highest BCUT2D eigenvalue weighted by molar-refractivity contribution is 6.93. The van der Waals surface area contributed by atoms with Gasteiger partial charge in [-0.25, -0.2) is 4.79 Å². The number of ether oxygens (including phenoxy) is 1. The van der Waals surface area contributed by atoms with Gasteiger partial charge in [0.15, 0.2) is 5.78 Å². The van der Waals surface area contributed by atoms with Gasteiger partial charge in [-0.05, 0) is 70.8 Å². The highest BCUT2D eigenvalue weighted by Crippen LogP contribution is 2.49. The van der Waals surface area contributed by atoms with Crippen molar-refractivity contribution in [2.24, 2.45) is 11.8 Å². The van der Waals surface area contributed by atoms with Crippen molar-refractivity contribution in [3.63, 3.8) is 0 Å². The molecule has 240 valence electrons. The second-order valence-corrected chi connectivity index (χ2v) is 21.0. The van der Waals surface area contributed by atoms with E-state index < -0.39 is 8.07 Å². The predicted octanol–water partition coefficient (Wildman–Crippen LogP) is 10.8. The van der Waals surface area contributed by atoms with Crippen LogP contribution < -0.4 is 0 Å². The minimum absolute atomic E-state index is 0.120. The van der Waals surface area contributed by atoms with Crippen LogP contribution in [0.1, 0.15) is 126 Å². The number of amides is 1. The van der Waals surface area contributed by atoms with Gasteiger partial charge in [0.1, 0.15) is 14.2 Å². The molecule has 0 bridgehead atoms. The van der Waals surface area contributed by atoms with E-state index in [1.807, 2.05) is 17.2 Å². The summed E-state index contributed by atoms with van der Waals surface area (Å²) in [5.41, 5.74) is 2.36. The molecule has 1 aliphatic carbocycles. The highest BCUT2D eigenvalue weighted by atomic mass is 28.3. The molecule has 5 heteroatoms. The van der Waals surface area contributed by atoms with Gasteiger partial charge in [-0.15, -0.1) is 6.58 Å². The summed E-state index contributed by atoms with van der Waals surface area (Å²) in [5, 5.41) is 0.950. The molecule has 43 heavy (non-hydrogen) atoms. The first-order valence-corrected chi connectivity index (χ1v) is 19.4. The first-order chi connectivity index (χ1) is 20.3. The van der Waals surface area contributed by atoms with E-state index in [-0.39, 0.29) is 35.4 Å². The Morgan fingerprint density at radius 2 is 1.65 bits per heavy atom. The summed E-state index contributed by atoms with van der Waals surface area (Å²) < 4.78 is 6.61. The lowest BCUT2D eigenvalue weighted by Gasteiger charge is -2.48. The van der Waals surface area contributed by atoms with Crippen molar-refractivity contribution in [3.8, 4) is 0 Å². The van der Waals surface area contributed by atoms with Crippen LogP contribution in [0.2, 0.25) is 16.6 Å². The van der Waals surface area contributed by atoms with E-state index in [0.717, 1.165) is 56.6 Å². The average molecular weight is 608 g/mol. The third kappa shape index (κ3) is 7.75. The Balaban J connectivity index is 1.99. The van der Waals surface area contributed by atoms with Crippen LogP contribution in [-0.2, 0) is 14.9 Å². The molecule has 4 atom stereocenters. The summed E-state index contributed by atoms with van der Waals surface area (Å²) in [6.45, 7) is 24.5. The van der Waals surface area contributed by atoms with Crippen molar-refractivity contribution in [3.05, 3.63) is 59.9 Å². The van der Waals surface area contributed by atoms with Crippen LogP contribution in [0.3, 0.4) is 0 Å². The van der Waals surface area contributed by atoms with E-state index >= 15 is 0 Å². The van der Waals surface area contributed by atoms with E-state index in [1.165, 1.54) is 5.56 Å². The maximum atomic E-state index is 14.4. The van der Waals surface area contributed by atoms with Crippen molar-refractivity contribution in [1.29, 1.82) is 0 Å². The molecule has 0 spiro atoms. The van der Waals surface area contributed by atoms with Crippen molar-refractivity contribution in [2.45, 2.75) is 154 Å². The monoisotopic (exact) mass is 607 g/mol. The summed E-state index contributed by atoms with van der Waals surface area (Å²) in [6.07, 6.45) is 12.0. The van der Waals surface area contributed by atoms with Gasteiger partial charge >= 0.3 is 6.09 Å². The molecule has 0 radical (unpaired) electrons. The third-order valence-corrected chi connectivity index (χ3v) is 18.2. The van der Waals surface area contributed by atoms with Crippen LogP contribution >= 0.6 is 0 Å². The zero-order chi connectivity index (χ0) is 31.9. The second-order valence-electron chi connectivity index (χ2n) is 15.1. The SMILES string of the molecule is C=CCCCCC[C@@H]1CC(=O)C([Si](C(C)C)(C(C)C)C(C)C)=CN1C(=O)O[C@@H]1C[C@H](C)CC[C@H]1C(C)(C)c1ccccc1. The molecule has 0 saturated heterocycles. The fraction of sp³-hybridized carbons (Fsp3) is 0.684. The molecule has 1 aromatic rings. The fourth-order valence-corrected chi connectivity index (χ4v) is 15.7. The summed E-state index contributed by atoms with van der Waals surface area (Å²) in [6, 6.07) is 10.5. The summed E-state index contributed by atoms with van der Waals surface area (Å²) in [4.78, 5) is 30.3. The summed E-state index contributed by atoms with van der Waals surface area (Å²) in [5.74, 6) is 1.01. The lowest BCUT2D eigenvalue weighted by atomic mass is 9.64. The number of benzene rings is 1. The highest BCUT2D eigenvalue weighted by Gasteiger charge is 2.51. The number of unbranched alkanes of at least 4 members (excludes halogenated alkanes) is 3. The van der Waals surface area contributed by atoms with Gasteiger partial charge in [-0.2, -0.15) is 0 Å². The third-order valence-electron chi connectivity index (χ3n) is 11.1. The van der Waals surface area contributed by atoms with Crippen LogP contribution in [-0.4, -0.2) is 37.0 Å². The van der Waals surface area contributed by atoms with Gasteiger partial charge in [0, 0.05) is 24.6 Å². The number of carbonyl (C=O) groups is 2. The lowest BCUT2D eigenvalue weighted by Crippen LogP contribution is -2.54. The first kappa shape index (κ1) is 35.3. The fourth-order valence-electron chi connectivity index (χ4n) is 8.87. The Hall–Kier alpha value is -2.14. The molecule has 1 aromatic carbocycles. The lowest BCUT2D eigenvalue weighted by molar-refractivity contribution is -0.116. The van der Waals surface area contributed by atoms with Gasteiger partial charge in [0.25, 0.3) is 0 Å².